The van der Waals surface area contributed by atoms with E-state index in [4.69, 9.17) is 21.6 Å². The molecule has 0 unspecified atom stereocenters. The van der Waals surface area contributed by atoms with Crippen molar-refractivity contribution < 1.29 is 4.79 Å². The van der Waals surface area contributed by atoms with Gasteiger partial charge in [-0.2, -0.15) is 5.10 Å². The van der Waals surface area contributed by atoms with Crippen molar-refractivity contribution in [1.29, 1.82) is 0 Å². The molecule has 2 aliphatic rings. The van der Waals surface area contributed by atoms with E-state index >= 15 is 0 Å². The lowest BCUT2D eigenvalue weighted by atomic mass is 10.2. The van der Waals surface area contributed by atoms with Gasteiger partial charge >= 0.3 is 0 Å². The number of thioether (sulfide) groups is 1. The van der Waals surface area contributed by atoms with E-state index in [2.05, 4.69) is 15.3 Å². The van der Waals surface area contributed by atoms with Gasteiger partial charge in [0, 0.05) is 23.8 Å². The summed E-state index contributed by atoms with van der Waals surface area (Å²) in [6.07, 6.45) is 2.76. The third-order valence-electron chi connectivity index (χ3n) is 4.92. The van der Waals surface area contributed by atoms with Gasteiger partial charge in [0.05, 0.1) is 23.2 Å². The minimum atomic E-state index is -0.118. The summed E-state index contributed by atoms with van der Waals surface area (Å²) in [4.78, 5) is 24.2. The summed E-state index contributed by atoms with van der Waals surface area (Å²) in [5, 5.41) is 8.77. The Bertz CT molecular complexity index is 1190. The summed E-state index contributed by atoms with van der Waals surface area (Å²) >= 11 is 7.40. The van der Waals surface area contributed by atoms with Gasteiger partial charge in [-0.15, -0.1) is 0 Å². The fraction of sp³-hybridized carbons (Fsp3) is 0.182. The monoisotopic (exact) mass is 450 g/mol. The van der Waals surface area contributed by atoms with Crippen molar-refractivity contribution in [2.24, 2.45) is 9.98 Å². The number of para-hydroxylation sites is 1. The van der Waals surface area contributed by atoms with Crippen LogP contribution in [0, 0.1) is 0 Å². The third kappa shape index (κ3) is 4.08. The van der Waals surface area contributed by atoms with Crippen LogP contribution in [0.4, 0.5) is 11.5 Å². The molecule has 0 spiro atoms. The predicted octanol–water partition coefficient (Wildman–Crippen LogP) is 4.35. The molecule has 0 aliphatic carbocycles. The summed E-state index contributed by atoms with van der Waals surface area (Å²) < 4.78 is 1.82. The average molecular weight is 451 g/mol. The highest BCUT2D eigenvalue weighted by atomic mass is 35.5. The van der Waals surface area contributed by atoms with E-state index in [1.165, 1.54) is 11.8 Å². The molecule has 1 amide bonds. The van der Waals surface area contributed by atoms with Crippen molar-refractivity contribution in [3.63, 3.8) is 0 Å². The first-order valence-electron chi connectivity index (χ1n) is 9.92. The van der Waals surface area contributed by atoms with Crippen LogP contribution < -0.4 is 5.32 Å². The zero-order valence-corrected chi connectivity index (χ0v) is 18.1. The van der Waals surface area contributed by atoms with E-state index in [9.17, 15) is 4.79 Å². The maximum atomic E-state index is 12.5. The Morgan fingerprint density at radius 1 is 1.16 bits per heavy atom. The van der Waals surface area contributed by atoms with Gasteiger partial charge in [0.15, 0.2) is 11.0 Å². The smallest absolute Gasteiger partial charge is 0.234 e. The number of nitrogens with zero attached hydrogens (tertiary/aromatic N) is 5. The Hall–Kier alpha value is -3.10. The standard InChI is InChI=1S/C22H19ClN6OS/c23-15-6-4-7-16(12-15)26-19(30)14-31-22-27-21-18(20-24-10-5-11-28(20)22)13-25-29(21)17-8-2-1-3-9-17/h1-4,6-9,12-13H,5,10-11,14H2,(H,26,30). The van der Waals surface area contributed by atoms with Crippen molar-refractivity contribution in [2.75, 3.05) is 24.2 Å². The molecule has 5 rings (SSSR count). The molecule has 1 N–H and O–H groups in total. The Morgan fingerprint density at radius 3 is 2.87 bits per heavy atom. The zero-order valence-electron chi connectivity index (χ0n) is 16.5. The average Bonchev–Trinajstić information content (AvgIpc) is 3.22. The lowest BCUT2D eigenvalue weighted by molar-refractivity contribution is -0.113. The predicted molar refractivity (Wildman–Crippen MR) is 126 cm³/mol. The molecule has 2 aromatic carbocycles. The van der Waals surface area contributed by atoms with Crippen LogP contribution in [0.25, 0.3) is 5.69 Å². The fourth-order valence-electron chi connectivity index (χ4n) is 3.54. The van der Waals surface area contributed by atoms with Crippen molar-refractivity contribution in [1.82, 2.24) is 14.7 Å². The number of carbonyl (C=O) groups excluding carboxylic acids is 1. The number of rotatable bonds is 4. The largest absolute Gasteiger partial charge is 0.325 e. The minimum Gasteiger partial charge on any atom is -0.325 e. The number of nitrogens with one attached hydrogen (secondary N) is 1. The summed E-state index contributed by atoms with van der Waals surface area (Å²) in [6.45, 7) is 1.59. The summed E-state index contributed by atoms with van der Waals surface area (Å²) in [5.41, 5.74) is 2.52. The minimum absolute atomic E-state index is 0.118. The molecule has 0 atom stereocenters. The third-order valence-corrected chi connectivity index (χ3v) is 6.13. The number of hydrogen-bond acceptors (Lipinski definition) is 6. The number of aromatic nitrogens is 2. The summed E-state index contributed by atoms with van der Waals surface area (Å²) in [6, 6.07) is 17.0. The molecule has 3 aromatic rings. The fourth-order valence-corrected chi connectivity index (χ4v) is 4.55. The molecule has 0 saturated heterocycles. The molecule has 0 saturated carbocycles. The SMILES string of the molecule is O=C(CSC1=Nc2c(cnn2-c2ccccc2)C2=NCCCN12)Nc1cccc(Cl)c1. The van der Waals surface area contributed by atoms with Gasteiger partial charge < -0.3 is 10.2 Å². The lowest BCUT2D eigenvalue weighted by Gasteiger charge is -2.32. The van der Waals surface area contributed by atoms with E-state index in [0.29, 0.717) is 10.7 Å². The Morgan fingerprint density at radius 2 is 2.03 bits per heavy atom. The maximum Gasteiger partial charge on any atom is 0.234 e. The number of hydrogen-bond donors (Lipinski definition) is 1. The molecule has 1 aromatic heterocycles. The lowest BCUT2D eigenvalue weighted by Crippen LogP contribution is -2.42. The van der Waals surface area contributed by atoms with E-state index in [-0.39, 0.29) is 11.7 Å². The van der Waals surface area contributed by atoms with Crippen LogP contribution >= 0.6 is 23.4 Å². The number of aliphatic imine (C=N–C) groups is 2. The van der Waals surface area contributed by atoms with E-state index in [0.717, 1.165) is 47.6 Å². The topological polar surface area (TPSA) is 74.9 Å². The van der Waals surface area contributed by atoms with Gasteiger partial charge in [-0.25, -0.2) is 9.67 Å². The highest BCUT2D eigenvalue weighted by molar-refractivity contribution is 8.14. The molecule has 156 valence electrons. The zero-order chi connectivity index (χ0) is 21.2. The van der Waals surface area contributed by atoms with Crippen LogP contribution in [0.5, 0.6) is 0 Å². The highest BCUT2D eigenvalue weighted by Crippen LogP contribution is 2.33. The molecule has 31 heavy (non-hydrogen) atoms. The van der Waals surface area contributed by atoms with Crippen LogP contribution in [0.1, 0.15) is 12.0 Å². The van der Waals surface area contributed by atoms with Crippen LogP contribution in [-0.2, 0) is 4.79 Å². The van der Waals surface area contributed by atoms with Crippen molar-refractivity contribution in [3.05, 3.63) is 71.4 Å². The highest BCUT2D eigenvalue weighted by Gasteiger charge is 2.31. The molecule has 9 heteroatoms. The number of halogens is 1. The van der Waals surface area contributed by atoms with Gasteiger partial charge in [0.2, 0.25) is 5.91 Å². The van der Waals surface area contributed by atoms with Crippen molar-refractivity contribution in [3.8, 4) is 5.69 Å². The van der Waals surface area contributed by atoms with E-state index in [1.54, 1.807) is 18.2 Å². The second kappa shape index (κ2) is 8.56. The van der Waals surface area contributed by atoms with E-state index < -0.39 is 0 Å². The quantitative estimate of drug-likeness (QED) is 0.641. The van der Waals surface area contributed by atoms with E-state index in [1.807, 2.05) is 47.3 Å². The molecular weight excluding hydrogens is 432 g/mol. The molecular formula is C22H19ClN6OS. The number of fused-ring (bicyclic) bond motifs is 3. The number of benzene rings is 2. The van der Waals surface area contributed by atoms with Crippen LogP contribution in [0.2, 0.25) is 5.02 Å². The van der Waals surface area contributed by atoms with Gasteiger partial charge in [-0.1, -0.05) is 47.6 Å². The first-order valence-corrected chi connectivity index (χ1v) is 11.3. The first kappa shape index (κ1) is 19.8. The van der Waals surface area contributed by atoms with Crippen LogP contribution in [-0.4, -0.2) is 50.4 Å². The van der Waals surface area contributed by atoms with Crippen LogP contribution in [0.15, 0.2) is 70.8 Å². The van der Waals surface area contributed by atoms with Crippen LogP contribution in [0.3, 0.4) is 0 Å². The molecule has 7 nitrogen and oxygen atoms in total. The van der Waals surface area contributed by atoms with Gasteiger partial charge in [0.25, 0.3) is 0 Å². The first-order chi connectivity index (χ1) is 15.2. The Labute approximate surface area is 188 Å². The maximum absolute atomic E-state index is 12.5. The molecule has 3 heterocycles. The van der Waals surface area contributed by atoms with Gasteiger partial charge in [-0.05, 0) is 36.8 Å². The second-order valence-corrected chi connectivity index (χ2v) is 8.46. The van der Waals surface area contributed by atoms with Gasteiger partial charge in [0.1, 0.15) is 5.84 Å². The number of anilines is 1. The van der Waals surface area contributed by atoms with Crippen molar-refractivity contribution >= 4 is 51.8 Å². The number of amides is 1. The number of amidine groups is 2. The Kier molecular flexibility index (Phi) is 5.48. The molecule has 2 aliphatic heterocycles. The summed E-state index contributed by atoms with van der Waals surface area (Å²) in [5.74, 6) is 1.72. The van der Waals surface area contributed by atoms with Gasteiger partial charge in [-0.3, -0.25) is 9.79 Å². The molecule has 0 fully saturated rings. The summed E-state index contributed by atoms with van der Waals surface area (Å²) in [7, 11) is 0. The second-order valence-electron chi connectivity index (χ2n) is 7.08. The van der Waals surface area contributed by atoms with Crippen molar-refractivity contribution in [2.45, 2.75) is 6.42 Å². The molecule has 0 bridgehead atoms. The number of carbonyl (C=O) groups is 1. The molecule has 0 radical (unpaired) electrons. The Balaban J connectivity index is 1.41. The normalized spacial score (nSPS) is 14.9.